The molecule has 0 bridgehead atoms. The molecule has 2 nitrogen and oxygen atoms in total. The van der Waals surface area contributed by atoms with Crippen LogP contribution in [0.25, 0.3) is 0 Å². The highest BCUT2D eigenvalue weighted by atomic mass is 16.5. The van der Waals surface area contributed by atoms with E-state index in [9.17, 15) is 0 Å². The van der Waals surface area contributed by atoms with Crippen molar-refractivity contribution >= 4 is 0 Å². The second-order valence-electron chi connectivity index (χ2n) is 4.57. The Balaban J connectivity index is 2.33. The van der Waals surface area contributed by atoms with Crippen LogP contribution in [0, 0.1) is 5.92 Å². The molecule has 0 fully saturated rings. The zero-order valence-electron chi connectivity index (χ0n) is 10.4. The normalized spacial score (nSPS) is 11.0. The highest BCUT2D eigenvalue weighted by molar-refractivity contribution is 5.22. The Labute approximate surface area is 98.8 Å². The third kappa shape index (κ3) is 5.29. The van der Waals surface area contributed by atoms with Gasteiger partial charge in [0.25, 0.3) is 0 Å². The van der Waals surface area contributed by atoms with Gasteiger partial charge in [-0.15, -0.1) is 0 Å². The summed E-state index contributed by atoms with van der Waals surface area (Å²) in [5, 5.41) is 0. The monoisotopic (exact) mass is 221 g/mol. The topological polar surface area (TPSA) is 35.2 Å². The molecule has 0 amide bonds. The van der Waals surface area contributed by atoms with Crippen LogP contribution in [0.1, 0.15) is 25.0 Å². The van der Waals surface area contributed by atoms with E-state index in [0.29, 0.717) is 13.2 Å². The molecule has 0 saturated carbocycles. The molecule has 0 aliphatic carbocycles. The molecule has 0 aromatic heterocycles. The van der Waals surface area contributed by atoms with Crippen molar-refractivity contribution in [1.29, 1.82) is 0 Å². The van der Waals surface area contributed by atoms with Crippen LogP contribution in [0.15, 0.2) is 24.3 Å². The number of benzene rings is 1. The van der Waals surface area contributed by atoms with Crippen molar-refractivity contribution in [3.8, 4) is 0 Å². The average molecular weight is 221 g/mol. The summed E-state index contributed by atoms with van der Waals surface area (Å²) in [5.41, 5.74) is 8.10. The van der Waals surface area contributed by atoms with Gasteiger partial charge in [-0.05, 0) is 29.9 Å². The van der Waals surface area contributed by atoms with Gasteiger partial charge in [0.05, 0.1) is 13.2 Å². The van der Waals surface area contributed by atoms with Gasteiger partial charge in [-0.1, -0.05) is 38.1 Å². The van der Waals surface area contributed by atoms with Gasteiger partial charge in [0, 0.05) is 6.54 Å². The fourth-order valence-electron chi connectivity index (χ4n) is 1.69. The van der Waals surface area contributed by atoms with E-state index in [4.69, 9.17) is 10.5 Å². The van der Waals surface area contributed by atoms with Gasteiger partial charge in [-0.3, -0.25) is 0 Å². The smallest absolute Gasteiger partial charge is 0.0588 e. The zero-order valence-corrected chi connectivity index (χ0v) is 10.4. The number of nitrogens with two attached hydrogens (primary N) is 1. The van der Waals surface area contributed by atoms with Crippen LogP contribution in [0.5, 0.6) is 0 Å². The van der Waals surface area contributed by atoms with E-state index in [-0.39, 0.29) is 0 Å². The molecule has 0 heterocycles. The van der Waals surface area contributed by atoms with E-state index in [1.807, 2.05) is 0 Å². The van der Waals surface area contributed by atoms with Crippen molar-refractivity contribution in [3.63, 3.8) is 0 Å². The van der Waals surface area contributed by atoms with Crippen molar-refractivity contribution in [2.75, 3.05) is 19.8 Å². The van der Waals surface area contributed by atoms with E-state index in [0.717, 1.165) is 25.4 Å². The minimum Gasteiger partial charge on any atom is -0.380 e. The van der Waals surface area contributed by atoms with Crippen LogP contribution in [0.3, 0.4) is 0 Å². The highest BCUT2D eigenvalue weighted by Crippen LogP contribution is 2.10. The summed E-state index contributed by atoms with van der Waals surface area (Å²) in [5.74, 6) is 0.721. The third-order valence-electron chi connectivity index (χ3n) is 2.46. The summed E-state index contributed by atoms with van der Waals surface area (Å²) in [4.78, 5) is 0. The molecule has 2 N–H and O–H groups in total. The van der Waals surface area contributed by atoms with Gasteiger partial charge in [-0.2, -0.15) is 0 Å². The first kappa shape index (κ1) is 13.2. The Bertz CT molecular complexity index is 279. The predicted molar refractivity (Wildman–Crippen MR) is 68.6 cm³/mol. The molecule has 2 heteroatoms. The lowest BCUT2D eigenvalue weighted by Gasteiger charge is -2.07. The minimum atomic E-state index is 0.604. The predicted octanol–water partition coefficient (Wildman–Crippen LogP) is 2.40. The van der Waals surface area contributed by atoms with E-state index >= 15 is 0 Å². The molecule has 0 atom stereocenters. The first-order valence-electron chi connectivity index (χ1n) is 6.08. The van der Waals surface area contributed by atoms with Crippen molar-refractivity contribution in [2.24, 2.45) is 11.7 Å². The van der Waals surface area contributed by atoms with Gasteiger partial charge in [-0.25, -0.2) is 0 Å². The van der Waals surface area contributed by atoms with E-state index in [1.54, 1.807) is 0 Å². The lowest BCUT2D eigenvalue weighted by Crippen LogP contribution is -2.10. The largest absolute Gasteiger partial charge is 0.380 e. The van der Waals surface area contributed by atoms with E-state index in [1.165, 1.54) is 11.1 Å². The van der Waals surface area contributed by atoms with Gasteiger partial charge in [0.15, 0.2) is 0 Å². The van der Waals surface area contributed by atoms with Crippen LogP contribution in [-0.2, 0) is 17.6 Å². The molecule has 1 aromatic carbocycles. The molecule has 0 unspecified atom stereocenters. The lowest BCUT2D eigenvalue weighted by atomic mass is 10.0. The van der Waals surface area contributed by atoms with E-state index < -0.39 is 0 Å². The molecule has 16 heavy (non-hydrogen) atoms. The Hall–Kier alpha value is -0.860. The standard InChI is InChI=1S/C14H23NO/c1-12(2)11-14-5-3-13(4-6-14)7-9-16-10-8-15/h3-6,12H,7-11,15H2,1-2H3. The van der Waals surface area contributed by atoms with Crippen molar-refractivity contribution in [3.05, 3.63) is 35.4 Å². The van der Waals surface area contributed by atoms with Crippen molar-refractivity contribution in [1.82, 2.24) is 0 Å². The van der Waals surface area contributed by atoms with Gasteiger partial charge >= 0.3 is 0 Å². The number of ether oxygens (including phenoxy) is 1. The zero-order chi connectivity index (χ0) is 11.8. The second kappa shape index (κ2) is 7.42. The Kier molecular flexibility index (Phi) is 6.12. The van der Waals surface area contributed by atoms with Gasteiger partial charge in [0.2, 0.25) is 0 Å². The minimum absolute atomic E-state index is 0.604. The highest BCUT2D eigenvalue weighted by Gasteiger charge is 1.98. The second-order valence-corrected chi connectivity index (χ2v) is 4.57. The molecule has 0 aliphatic rings. The maximum Gasteiger partial charge on any atom is 0.0588 e. The number of hydrogen-bond acceptors (Lipinski definition) is 2. The van der Waals surface area contributed by atoms with Crippen molar-refractivity contribution in [2.45, 2.75) is 26.7 Å². The summed E-state index contributed by atoms with van der Waals surface area (Å²) >= 11 is 0. The first-order valence-corrected chi connectivity index (χ1v) is 6.08. The molecule has 0 radical (unpaired) electrons. The quantitative estimate of drug-likeness (QED) is 0.718. The molecule has 1 aromatic rings. The molecule has 90 valence electrons. The maximum absolute atomic E-state index is 5.36. The fourth-order valence-corrected chi connectivity index (χ4v) is 1.69. The van der Waals surface area contributed by atoms with Crippen LogP contribution in [0.4, 0.5) is 0 Å². The first-order chi connectivity index (χ1) is 7.72. The molecule has 0 aliphatic heterocycles. The van der Waals surface area contributed by atoms with Crippen LogP contribution >= 0.6 is 0 Å². The third-order valence-corrected chi connectivity index (χ3v) is 2.46. The Morgan fingerprint density at radius 1 is 1.06 bits per heavy atom. The summed E-state index contributed by atoms with van der Waals surface area (Å²) in [6, 6.07) is 8.84. The number of hydrogen-bond donors (Lipinski definition) is 1. The van der Waals surface area contributed by atoms with Crippen LogP contribution in [0.2, 0.25) is 0 Å². The van der Waals surface area contributed by atoms with Gasteiger partial charge in [0.1, 0.15) is 0 Å². The fraction of sp³-hybridized carbons (Fsp3) is 0.571. The van der Waals surface area contributed by atoms with E-state index in [2.05, 4.69) is 38.1 Å². The summed E-state index contributed by atoms with van der Waals surface area (Å²) in [6.07, 6.45) is 2.13. The number of rotatable bonds is 7. The molecular weight excluding hydrogens is 198 g/mol. The van der Waals surface area contributed by atoms with Gasteiger partial charge < -0.3 is 10.5 Å². The van der Waals surface area contributed by atoms with Crippen LogP contribution < -0.4 is 5.73 Å². The molecule has 1 rings (SSSR count). The van der Waals surface area contributed by atoms with Crippen LogP contribution in [-0.4, -0.2) is 19.8 Å². The SMILES string of the molecule is CC(C)Cc1ccc(CCOCCN)cc1. The van der Waals surface area contributed by atoms with Crippen molar-refractivity contribution < 1.29 is 4.74 Å². The maximum atomic E-state index is 5.36. The Morgan fingerprint density at radius 3 is 2.25 bits per heavy atom. The molecule has 0 spiro atoms. The Morgan fingerprint density at radius 2 is 1.69 bits per heavy atom. The average Bonchev–Trinajstić information content (AvgIpc) is 2.26. The molecule has 0 saturated heterocycles. The summed E-state index contributed by atoms with van der Waals surface area (Å²) < 4.78 is 5.36. The summed E-state index contributed by atoms with van der Waals surface area (Å²) in [6.45, 7) is 6.52. The lowest BCUT2D eigenvalue weighted by molar-refractivity contribution is 0.145. The molecular formula is C14H23NO. The summed E-state index contributed by atoms with van der Waals surface area (Å²) in [7, 11) is 0.